The topological polar surface area (TPSA) is 18.5 Å². The summed E-state index contributed by atoms with van der Waals surface area (Å²) in [4.78, 5) is 4.64. The molecule has 0 radical (unpaired) electrons. The molecule has 0 fully saturated rings. The molecule has 15 heavy (non-hydrogen) atoms. The molecule has 0 aromatic heterocycles. The van der Waals surface area contributed by atoms with Gasteiger partial charge >= 0.3 is 0 Å². The zero-order chi connectivity index (χ0) is 11.8. The van der Waals surface area contributed by atoms with E-state index in [1.807, 2.05) is 0 Å². The molecule has 0 aliphatic carbocycles. The molecule has 0 aromatic rings. The summed E-state index contributed by atoms with van der Waals surface area (Å²) in [6.45, 7) is 11.2. The summed E-state index contributed by atoms with van der Waals surface area (Å²) in [6, 6.07) is 0.615. The molecule has 1 N–H and O–H groups in total. The van der Waals surface area contributed by atoms with Crippen molar-refractivity contribution in [3.63, 3.8) is 0 Å². The van der Waals surface area contributed by atoms with E-state index >= 15 is 0 Å². The van der Waals surface area contributed by atoms with E-state index < -0.39 is 0 Å². The lowest BCUT2D eigenvalue weighted by Gasteiger charge is -2.26. The summed E-state index contributed by atoms with van der Waals surface area (Å²) in [5, 5.41) is 3.50. The first-order chi connectivity index (χ1) is 6.93. The van der Waals surface area contributed by atoms with Crippen molar-refractivity contribution in [1.82, 2.24) is 15.1 Å². The first kappa shape index (κ1) is 14.9. The molecule has 0 aromatic carbocycles. The Morgan fingerprint density at radius 1 is 0.933 bits per heavy atom. The summed E-state index contributed by atoms with van der Waals surface area (Å²) in [5.74, 6) is 0.740. The zero-order valence-corrected chi connectivity index (χ0v) is 11.4. The minimum Gasteiger partial charge on any atom is -0.315 e. The molecule has 0 saturated heterocycles. The Kier molecular flexibility index (Phi) is 8.02. The highest BCUT2D eigenvalue weighted by Gasteiger charge is 2.08. The van der Waals surface area contributed by atoms with Crippen molar-refractivity contribution in [2.24, 2.45) is 5.92 Å². The Balaban J connectivity index is 3.55. The van der Waals surface area contributed by atoms with E-state index in [1.54, 1.807) is 0 Å². The second-order valence-corrected chi connectivity index (χ2v) is 5.19. The Morgan fingerprint density at radius 3 is 2.00 bits per heavy atom. The standard InChI is InChI=1S/C12H29N3/c1-11(2)9-13-10-12(3)15(6)8-7-14(4)5/h11-13H,7-10H2,1-6H3. The second-order valence-electron chi connectivity index (χ2n) is 5.19. The fraction of sp³-hybridized carbons (Fsp3) is 1.00. The van der Waals surface area contributed by atoms with Crippen molar-refractivity contribution in [2.45, 2.75) is 26.8 Å². The largest absolute Gasteiger partial charge is 0.315 e. The Hall–Kier alpha value is -0.120. The number of rotatable bonds is 8. The maximum atomic E-state index is 3.50. The second kappa shape index (κ2) is 8.08. The van der Waals surface area contributed by atoms with Gasteiger partial charge in [0.2, 0.25) is 0 Å². The average Bonchev–Trinajstić information content (AvgIpc) is 2.13. The number of nitrogens with zero attached hydrogens (tertiary/aromatic N) is 2. The van der Waals surface area contributed by atoms with Crippen molar-refractivity contribution < 1.29 is 0 Å². The van der Waals surface area contributed by atoms with Gasteiger partial charge in [0, 0.05) is 25.7 Å². The molecule has 1 unspecified atom stereocenters. The Labute approximate surface area is 95.8 Å². The number of nitrogens with one attached hydrogen (secondary N) is 1. The molecule has 0 spiro atoms. The van der Waals surface area contributed by atoms with Crippen molar-refractivity contribution in [1.29, 1.82) is 0 Å². The van der Waals surface area contributed by atoms with E-state index in [0.717, 1.165) is 32.1 Å². The van der Waals surface area contributed by atoms with E-state index in [9.17, 15) is 0 Å². The lowest BCUT2D eigenvalue weighted by molar-refractivity contribution is 0.223. The summed E-state index contributed by atoms with van der Waals surface area (Å²) >= 11 is 0. The van der Waals surface area contributed by atoms with Crippen LogP contribution in [0, 0.1) is 5.92 Å². The highest BCUT2D eigenvalue weighted by atomic mass is 15.2. The van der Waals surface area contributed by atoms with Crippen LogP contribution in [0.3, 0.4) is 0 Å². The molecule has 3 nitrogen and oxygen atoms in total. The van der Waals surface area contributed by atoms with Crippen molar-refractivity contribution in [2.75, 3.05) is 47.3 Å². The number of hydrogen-bond donors (Lipinski definition) is 1. The smallest absolute Gasteiger partial charge is 0.0189 e. The van der Waals surface area contributed by atoms with Gasteiger partial charge in [0.1, 0.15) is 0 Å². The molecule has 92 valence electrons. The van der Waals surface area contributed by atoms with Gasteiger partial charge in [-0.2, -0.15) is 0 Å². The Bertz CT molecular complexity index is 146. The molecule has 0 rings (SSSR count). The van der Waals surface area contributed by atoms with Gasteiger partial charge in [-0.05, 0) is 40.5 Å². The highest BCUT2D eigenvalue weighted by Crippen LogP contribution is 1.95. The summed E-state index contributed by atoms with van der Waals surface area (Å²) in [7, 11) is 6.44. The number of likely N-dealkylation sites (N-methyl/N-ethyl adjacent to an activating group) is 2. The van der Waals surface area contributed by atoms with Gasteiger partial charge in [0.15, 0.2) is 0 Å². The predicted octanol–water partition coefficient (Wildman–Crippen LogP) is 1.11. The molecule has 3 heteroatoms. The van der Waals surface area contributed by atoms with Gasteiger partial charge < -0.3 is 15.1 Å². The van der Waals surface area contributed by atoms with Crippen LogP contribution in [-0.2, 0) is 0 Å². The third-order valence-electron chi connectivity index (χ3n) is 2.64. The third kappa shape index (κ3) is 8.85. The third-order valence-corrected chi connectivity index (χ3v) is 2.64. The monoisotopic (exact) mass is 215 g/mol. The first-order valence-electron chi connectivity index (χ1n) is 5.99. The minimum absolute atomic E-state index is 0.615. The van der Waals surface area contributed by atoms with Crippen LogP contribution in [0.25, 0.3) is 0 Å². The van der Waals surface area contributed by atoms with Crippen LogP contribution in [-0.4, -0.2) is 63.2 Å². The lowest BCUT2D eigenvalue weighted by atomic mass is 10.2. The minimum atomic E-state index is 0.615. The summed E-state index contributed by atoms with van der Waals surface area (Å²) in [6.07, 6.45) is 0. The summed E-state index contributed by atoms with van der Waals surface area (Å²) < 4.78 is 0. The van der Waals surface area contributed by atoms with Gasteiger partial charge in [-0.3, -0.25) is 0 Å². The van der Waals surface area contributed by atoms with Crippen molar-refractivity contribution >= 4 is 0 Å². The normalized spacial score (nSPS) is 14.2. The molecule has 0 saturated carbocycles. The van der Waals surface area contributed by atoms with Crippen LogP contribution < -0.4 is 5.32 Å². The van der Waals surface area contributed by atoms with Gasteiger partial charge in [-0.15, -0.1) is 0 Å². The summed E-state index contributed by atoms with van der Waals surface area (Å²) in [5.41, 5.74) is 0. The van der Waals surface area contributed by atoms with E-state index in [2.05, 4.69) is 57.0 Å². The van der Waals surface area contributed by atoms with Crippen LogP contribution in [0.15, 0.2) is 0 Å². The van der Waals surface area contributed by atoms with Crippen LogP contribution >= 0.6 is 0 Å². The predicted molar refractivity (Wildman–Crippen MR) is 68.4 cm³/mol. The van der Waals surface area contributed by atoms with Crippen molar-refractivity contribution in [3.05, 3.63) is 0 Å². The average molecular weight is 215 g/mol. The van der Waals surface area contributed by atoms with Gasteiger partial charge in [-0.25, -0.2) is 0 Å². The van der Waals surface area contributed by atoms with Crippen LogP contribution in [0.5, 0.6) is 0 Å². The molecular weight excluding hydrogens is 186 g/mol. The van der Waals surface area contributed by atoms with Gasteiger partial charge in [-0.1, -0.05) is 13.8 Å². The van der Waals surface area contributed by atoms with Gasteiger partial charge in [0.05, 0.1) is 0 Å². The van der Waals surface area contributed by atoms with Crippen LogP contribution in [0.4, 0.5) is 0 Å². The van der Waals surface area contributed by atoms with Crippen LogP contribution in [0.1, 0.15) is 20.8 Å². The maximum absolute atomic E-state index is 3.50. The lowest BCUT2D eigenvalue weighted by Crippen LogP contribution is -2.41. The fourth-order valence-electron chi connectivity index (χ4n) is 1.31. The number of hydrogen-bond acceptors (Lipinski definition) is 3. The fourth-order valence-corrected chi connectivity index (χ4v) is 1.31. The SMILES string of the molecule is CC(C)CNCC(C)N(C)CCN(C)C. The molecular formula is C12H29N3. The quantitative estimate of drug-likeness (QED) is 0.654. The van der Waals surface area contributed by atoms with E-state index in [0.29, 0.717) is 6.04 Å². The molecule has 0 heterocycles. The molecule has 0 aliphatic heterocycles. The van der Waals surface area contributed by atoms with E-state index in [-0.39, 0.29) is 0 Å². The Morgan fingerprint density at radius 2 is 1.53 bits per heavy atom. The molecule has 0 aliphatic rings. The molecule has 0 amide bonds. The highest BCUT2D eigenvalue weighted by molar-refractivity contribution is 4.67. The molecule has 1 atom stereocenters. The van der Waals surface area contributed by atoms with Crippen molar-refractivity contribution in [3.8, 4) is 0 Å². The zero-order valence-electron chi connectivity index (χ0n) is 11.4. The maximum Gasteiger partial charge on any atom is 0.0189 e. The van der Waals surface area contributed by atoms with E-state index in [1.165, 1.54) is 0 Å². The van der Waals surface area contributed by atoms with Crippen LogP contribution in [0.2, 0.25) is 0 Å². The van der Waals surface area contributed by atoms with E-state index in [4.69, 9.17) is 0 Å². The van der Waals surface area contributed by atoms with Gasteiger partial charge in [0.25, 0.3) is 0 Å². The molecule has 0 bridgehead atoms. The first-order valence-corrected chi connectivity index (χ1v) is 5.99.